The Labute approximate surface area is 80.1 Å². The molecule has 0 radical (unpaired) electrons. The van der Waals surface area contributed by atoms with Crippen LogP contribution in [0.15, 0.2) is 21.7 Å². The topological polar surface area (TPSA) is 88.2 Å². The van der Waals surface area contributed by atoms with E-state index in [2.05, 4.69) is 10.0 Å². The van der Waals surface area contributed by atoms with E-state index >= 15 is 0 Å². The molecule has 0 bridgehead atoms. The van der Waals surface area contributed by atoms with Gasteiger partial charge in [0.15, 0.2) is 0 Å². The highest BCUT2D eigenvalue weighted by Crippen LogP contribution is 2.10. The summed E-state index contributed by atoms with van der Waals surface area (Å²) in [5.41, 5.74) is 8.05. The minimum absolute atomic E-state index is 0.0932. The van der Waals surface area contributed by atoms with Gasteiger partial charge in [-0.2, -0.15) is 0 Å². The Morgan fingerprint density at radius 1 is 1.71 bits per heavy atom. The van der Waals surface area contributed by atoms with Crippen molar-refractivity contribution in [1.29, 1.82) is 0 Å². The number of hydrogen-bond acceptors (Lipinski definition) is 4. The number of esters is 1. The Kier molecular flexibility index (Phi) is 3.58. The number of hydrogen-bond donors (Lipinski definition) is 0. The highest BCUT2D eigenvalue weighted by molar-refractivity contribution is 5.86. The maximum Gasteiger partial charge on any atom is 0.374 e. The average Bonchev–Trinajstić information content (AvgIpc) is 2.63. The first-order valence-corrected chi connectivity index (χ1v) is 4.04. The van der Waals surface area contributed by atoms with Crippen molar-refractivity contribution in [3.8, 4) is 0 Å². The zero-order chi connectivity index (χ0) is 10.4. The first-order chi connectivity index (χ1) is 6.77. The lowest BCUT2D eigenvalue weighted by Gasteiger charge is -1.96. The zero-order valence-electron chi connectivity index (χ0n) is 7.64. The molecule has 14 heavy (non-hydrogen) atoms. The summed E-state index contributed by atoms with van der Waals surface area (Å²) in [6.45, 7) is 2.10. The maximum absolute atomic E-state index is 11.1. The van der Waals surface area contributed by atoms with Crippen molar-refractivity contribution in [3.63, 3.8) is 0 Å². The molecular weight excluding hydrogens is 186 g/mol. The van der Waals surface area contributed by atoms with Gasteiger partial charge >= 0.3 is 5.97 Å². The van der Waals surface area contributed by atoms with Crippen molar-refractivity contribution in [2.24, 2.45) is 5.11 Å². The van der Waals surface area contributed by atoms with E-state index in [4.69, 9.17) is 14.7 Å². The van der Waals surface area contributed by atoms with E-state index in [1.807, 2.05) is 0 Å². The van der Waals surface area contributed by atoms with Crippen LogP contribution in [0.5, 0.6) is 0 Å². The second-order valence-corrected chi connectivity index (χ2v) is 2.38. The van der Waals surface area contributed by atoms with E-state index in [0.717, 1.165) is 0 Å². The molecule has 1 aromatic rings. The van der Waals surface area contributed by atoms with Crippen LogP contribution in [0.4, 0.5) is 0 Å². The SMILES string of the molecule is CCOC(=O)c1ccc(CN=[N+]=[N-])o1. The number of rotatable bonds is 4. The van der Waals surface area contributed by atoms with Crippen LogP contribution >= 0.6 is 0 Å². The van der Waals surface area contributed by atoms with Gasteiger partial charge in [-0.3, -0.25) is 0 Å². The van der Waals surface area contributed by atoms with E-state index < -0.39 is 5.97 Å². The van der Waals surface area contributed by atoms with Crippen molar-refractivity contribution in [2.75, 3.05) is 6.61 Å². The zero-order valence-corrected chi connectivity index (χ0v) is 7.64. The average molecular weight is 195 g/mol. The first-order valence-electron chi connectivity index (χ1n) is 4.04. The van der Waals surface area contributed by atoms with Crippen LogP contribution in [0, 0.1) is 0 Å². The summed E-state index contributed by atoms with van der Waals surface area (Å²) in [4.78, 5) is 13.7. The van der Waals surface area contributed by atoms with Gasteiger partial charge in [0, 0.05) is 4.91 Å². The largest absolute Gasteiger partial charge is 0.460 e. The van der Waals surface area contributed by atoms with Crippen LogP contribution in [-0.4, -0.2) is 12.6 Å². The molecule has 74 valence electrons. The summed E-state index contributed by atoms with van der Waals surface area (Å²) in [6.07, 6.45) is 0. The van der Waals surface area contributed by atoms with Gasteiger partial charge < -0.3 is 9.15 Å². The van der Waals surface area contributed by atoms with Gasteiger partial charge in [-0.05, 0) is 24.6 Å². The highest BCUT2D eigenvalue weighted by atomic mass is 16.5. The number of nitrogens with zero attached hydrogens (tertiary/aromatic N) is 3. The van der Waals surface area contributed by atoms with Crippen LogP contribution in [0.3, 0.4) is 0 Å². The number of furan rings is 1. The van der Waals surface area contributed by atoms with E-state index in [1.54, 1.807) is 13.0 Å². The van der Waals surface area contributed by atoms with Gasteiger partial charge in [0.05, 0.1) is 13.2 Å². The monoisotopic (exact) mass is 195 g/mol. The summed E-state index contributed by atoms with van der Waals surface area (Å²) >= 11 is 0. The van der Waals surface area contributed by atoms with Gasteiger partial charge in [0.2, 0.25) is 5.76 Å². The molecule has 0 atom stereocenters. The molecule has 6 heteroatoms. The third-order valence-corrected chi connectivity index (χ3v) is 1.43. The predicted octanol–water partition coefficient (Wildman–Crippen LogP) is 2.27. The summed E-state index contributed by atoms with van der Waals surface area (Å²) in [6, 6.07) is 3.06. The fourth-order valence-electron chi connectivity index (χ4n) is 0.876. The van der Waals surface area contributed by atoms with Crippen molar-refractivity contribution in [3.05, 3.63) is 34.1 Å². The van der Waals surface area contributed by atoms with Crippen molar-refractivity contribution < 1.29 is 13.9 Å². The molecule has 0 spiro atoms. The Morgan fingerprint density at radius 3 is 3.14 bits per heavy atom. The van der Waals surface area contributed by atoms with E-state index in [9.17, 15) is 4.79 Å². The van der Waals surface area contributed by atoms with Crippen LogP contribution in [-0.2, 0) is 11.3 Å². The highest BCUT2D eigenvalue weighted by Gasteiger charge is 2.10. The summed E-state index contributed by atoms with van der Waals surface area (Å²) in [5.74, 6) is 0.0422. The van der Waals surface area contributed by atoms with Crippen molar-refractivity contribution in [2.45, 2.75) is 13.5 Å². The van der Waals surface area contributed by atoms with Crippen LogP contribution < -0.4 is 0 Å². The maximum atomic E-state index is 11.1. The molecule has 0 fully saturated rings. The first kappa shape index (κ1) is 10.1. The quantitative estimate of drug-likeness (QED) is 0.319. The van der Waals surface area contributed by atoms with Crippen LogP contribution in [0.2, 0.25) is 0 Å². The van der Waals surface area contributed by atoms with E-state index in [-0.39, 0.29) is 12.3 Å². The second-order valence-electron chi connectivity index (χ2n) is 2.38. The fourth-order valence-corrected chi connectivity index (χ4v) is 0.876. The number of carbonyl (C=O) groups excluding carboxylic acids is 1. The van der Waals surface area contributed by atoms with Crippen molar-refractivity contribution in [1.82, 2.24) is 0 Å². The minimum atomic E-state index is -0.514. The molecule has 0 saturated heterocycles. The Hall–Kier alpha value is -1.94. The van der Waals surface area contributed by atoms with Gasteiger partial charge in [-0.1, -0.05) is 5.11 Å². The summed E-state index contributed by atoms with van der Waals surface area (Å²) in [7, 11) is 0. The lowest BCUT2D eigenvalue weighted by Crippen LogP contribution is -2.02. The van der Waals surface area contributed by atoms with Crippen LogP contribution in [0.1, 0.15) is 23.2 Å². The number of ether oxygens (including phenoxy) is 1. The van der Waals surface area contributed by atoms with E-state index in [1.165, 1.54) is 6.07 Å². The van der Waals surface area contributed by atoms with Crippen LogP contribution in [0.25, 0.3) is 10.4 Å². The normalized spacial score (nSPS) is 9.21. The fraction of sp³-hybridized carbons (Fsp3) is 0.375. The standard InChI is InChI=1S/C8H9N3O3/c1-2-13-8(12)7-4-3-6(14-7)5-10-11-9/h3-4H,2,5H2,1H3. The molecule has 1 rings (SSSR count). The van der Waals surface area contributed by atoms with Gasteiger partial charge in [0.25, 0.3) is 0 Å². The summed E-state index contributed by atoms with van der Waals surface area (Å²) in [5, 5.41) is 3.30. The molecular formula is C8H9N3O3. The predicted molar refractivity (Wildman–Crippen MR) is 47.5 cm³/mol. The molecule has 0 aromatic carbocycles. The van der Waals surface area contributed by atoms with E-state index in [0.29, 0.717) is 12.4 Å². The molecule has 0 aliphatic rings. The van der Waals surface area contributed by atoms with Gasteiger partial charge in [-0.25, -0.2) is 4.79 Å². The number of carbonyl (C=O) groups is 1. The lowest BCUT2D eigenvalue weighted by molar-refractivity contribution is 0.0488. The molecule has 1 aromatic heterocycles. The molecule has 0 saturated carbocycles. The van der Waals surface area contributed by atoms with Crippen molar-refractivity contribution >= 4 is 5.97 Å². The molecule has 0 N–H and O–H groups in total. The van der Waals surface area contributed by atoms with Gasteiger partial charge in [0.1, 0.15) is 5.76 Å². The Balaban J connectivity index is 2.67. The Bertz CT molecular complexity index is 366. The molecule has 0 aliphatic carbocycles. The molecule has 0 amide bonds. The third kappa shape index (κ3) is 2.53. The molecule has 0 aliphatic heterocycles. The minimum Gasteiger partial charge on any atom is -0.460 e. The molecule has 0 unspecified atom stereocenters. The molecule has 6 nitrogen and oxygen atoms in total. The second kappa shape index (κ2) is 4.94. The summed E-state index contributed by atoms with van der Waals surface area (Å²) < 4.78 is 9.77. The molecule has 1 heterocycles. The number of azide groups is 1. The Morgan fingerprint density at radius 2 is 2.50 bits per heavy atom. The lowest BCUT2D eigenvalue weighted by atomic mass is 10.4. The van der Waals surface area contributed by atoms with Gasteiger partial charge in [-0.15, -0.1) is 0 Å². The third-order valence-electron chi connectivity index (χ3n) is 1.43. The smallest absolute Gasteiger partial charge is 0.374 e.